The topological polar surface area (TPSA) is 84.9 Å². The molecule has 1 amide bonds. The van der Waals surface area contributed by atoms with Gasteiger partial charge in [0.2, 0.25) is 5.91 Å². The molecule has 8 heteroatoms. The van der Waals surface area contributed by atoms with Crippen molar-refractivity contribution in [3.63, 3.8) is 0 Å². The first-order chi connectivity index (χ1) is 13.3. The lowest BCUT2D eigenvalue weighted by atomic mass is 10.1. The van der Waals surface area contributed by atoms with Gasteiger partial charge in [-0.05, 0) is 86.9 Å². The van der Waals surface area contributed by atoms with Gasteiger partial charge in [0, 0.05) is 10.5 Å². The van der Waals surface area contributed by atoms with E-state index in [9.17, 15) is 14.7 Å². The standard InChI is InChI=1S/C20H19BrINO5/c1-3-27-18-10-14(9-17(20(25)26)23-12(2)24)8-16(21)19(18)28-11-13-5-4-6-15(22)7-13/h4-10H,3,11H2,1-2H3,(H,23,24)(H,25,26). The Morgan fingerprint density at radius 1 is 1.25 bits per heavy atom. The first-order valence-corrected chi connectivity index (χ1v) is 10.2. The number of nitrogens with one attached hydrogen (secondary N) is 1. The first kappa shape index (κ1) is 22.2. The average Bonchev–Trinajstić information content (AvgIpc) is 2.60. The van der Waals surface area contributed by atoms with Crippen molar-refractivity contribution in [2.24, 2.45) is 0 Å². The fraction of sp³-hybridized carbons (Fsp3) is 0.200. The molecule has 6 nitrogen and oxygen atoms in total. The summed E-state index contributed by atoms with van der Waals surface area (Å²) in [6.07, 6.45) is 1.36. The van der Waals surface area contributed by atoms with Gasteiger partial charge < -0.3 is 19.9 Å². The molecule has 0 aliphatic carbocycles. The predicted octanol–water partition coefficient (Wildman–Crippen LogP) is 4.59. The number of rotatable bonds is 8. The quantitative estimate of drug-likeness (QED) is 0.365. The number of carbonyl (C=O) groups is 2. The lowest BCUT2D eigenvalue weighted by Crippen LogP contribution is -2.24. The van der Waals surface area contributed by atoms with Gasteiger partial charge in [0.05, 0.1) is 11.1 Å². The Balaban J connectivity index is 2.34. The Morgan fingerprint density at radius 3 is 2.61 bits per heavy atom. The van der Waals surface area contributed by atoms with Crippen LogP contribution >= 0.6 is 38.5 Å². The van der Waals surface area contributed by atoms with Crippen molar-refractivity contribution in [1.82, 2.24) is 5.32 Å². The highest BCUT2D eigenvalue weighted by Gasteiger charge is 2.14. The Kier molecular flexibility index (Phi) is 8.31. The molecule has 0 aliphatic heterocycles. The number of ether oxygens (including phenoxy) is 2. The maximum Gasteiger partial charge on any atom is 0.352 e. The molecule has 2 aromatic rings. The van der Waals surface area contributed by atoms with Crippen LogP contribution in [-0.4, -0.2) is 23.6 Å². The van der Waals surface area contributed by atoms with Crippen LogP contribution in [0.15, 0.2) is 46.6 Å². The van der Waals surface area contributed by atoms with Crippen molar-refractivity contribution in [2.45, 2.75) is 20.5 Å². The van der Waals surface area contributed by atoms with E-state index in [0.717, 1.165) is 9.13 Å². The number of halogens is 2. The summed E-state index contributed by atoms with van der Waals surface area (Å²) in [7, 11) is 0. The van der Waals surface area contributed by atoms with E-state index in [-0.39, 0.29) is 5.70 Å². The maximum absolute atomic E-state index is 11.3. The number of carboxylic acid groups (broad SMARTS) is 1. The van der Waals surface area contributed by atoms with Crippen LogP contribution in [0, 0.1) is 3.57 Å². The third-order valence-corrected chi connectivity index (χ3v) is 4.72. The van der Waals surface area contributed by atoms with Crippen molar-refractivity contribution in [3.8, 4) is 11.5 Å². The van der Waals surface area contributed by atoms with Gasteiger partial charge in [0.25, 0.3) is 0 Å². The molecular weight excluding hydrogens is 541 g/mol. The van der Waals surface area contributed by atoms with Crippen LogP contribution in [0.3, 0.4) is 0 Å². The van der Waals surface area contributed by atoms with Crippen LogP contribution in [0.25, 0.3) is 6.08 Å². The van der Waals surface area contributed by atoms with E-state index in [0.29, 0.717) is 34.7 Å². The second-order valence-electron chi connectivity index (χ2n) is 5.73. The van der Waals surface area contributed by atoms with Gasteiger partial charge in [-0.3, -0.25) is 4.79 Å². The highest BCUT2D eigenvalue weighted by molar-refractivity contribution is 14.1. The van der Waals surface area contributed by atoms with Crippen molar-refractivity contribution >= 4 is 56.5 Å². The molecule has 0 radical (unpaired) electrons. The molecule has 0 saturated carbocycles. The monoisotopic (exact) mass is 559 g/mol. The molecule has 0 atom stereocenters. The Hall–Kier alpha value is -2.07. The Bertz CT molecular complexity index is 913. The molecule has 2 N–H and O–H groups in total. The SMILES string of the molecule is CCOc1cc(C=C(NC(C)=O)C(=O)O)cc(Br)c1OCc1cccc(I)c1. The fourth-order valence-electron chi connectivity index (χ4n) is 2.36. The normalized spacial score (nSPS) is 11.1. The van der Waals surface area contributed by atoms with E-state index in [4.69, 9.17) is 9.47 Å². The van der Waals surface area contributed by atoms with Gasteiger partial charge in [0.15, 0.2) is 11.5 Å². The van der Waals surface area contributed by atoms with Gasteiger partial charge in [-0.25, -0.2) is 4.79 Å². The molecule has 0 spiro atoms. The van der Waals surface area contributed by atoms with Crippen LogP contribution in [0.1, 0.15) is 25.0 Å². The van der Waals surface area contributed by atoms with Crippen molar-refractivity contribution in [1.29, 1.82) is 0 Å². The van der Waals surface area contributed by atoms with E-state index in [1.165, 1.54) is 13.0 Å². The van der Waals surface area contributed by atoms with Crippen molar-refractivity contribution in [3.05, 3.63) is 61.3 Å². The van der Waals surface area contributed by atoms with Crippen molar-refractivity contribution in [2.75, 3.05) is 6.61 Å². The minimum atomic E-state index is -1.23. The van der Waals surface area contributed by atoms with E-state index in [1.54, 1.807) is 12.1 Å². The molecule has 0 aromatic heterocycles. The number of benzene rings is 2. The lowest BCUT2D eigenvalue weighted by Gasteiger charge is -2.15. The number of carboxylic acids is 1. The molecule has 0 aliphatic rings. The van der Waals surface area contributed by atoms with Crippen molar-refractivity contribution < 1.29 is 24.2 Å². The molecule has 148 valence electrons. The Morgan fingerprint density at radius 2 is 2.00 bits per heavy atom. The fourth-order valence-corrected chi connectivity index (χ4v) is 3.55. The Labute approximate surface area is 185 Å². The number of aliphatic carboxylic acids is 1. The van der Waals surface area contributed by atoms with Crippen LogP contribution in [0.5, 0.6) is 11.5 Å². The van der Waals surface area contributed by atoms with E-state index < -0.39 is 11.9 Å². The van der Waals surface area contributed by atoms with E-state index in [2.05, 4.69) is 43.8 Å². The van der Waals surface area contributed by atoms with E-state index in [1.807, 2.05) is 31.2 Å². The minimum absolute atomic E-state index is 0.227. The zero-order chi connectivity index (χ0) is 20.7. The molecule has 0 unspecified atom stereocenters. The highest BCUT2D eigenvalue weighted by atomic mass is 127. The summed E-state index contributed by atoms with van der Waals surface area (Å²) in [5.41, 5.74) is 1.33. The largest absolute Gasteiger partial charge is 0.490 e. The average molecular weight is 560 g/mol. The molecule has 2 rings (SSSR count). The number of hydrogen-bond donors (Lipinski definition) is 2. The van der Waals surface area contributed by atoms with Gasteiger partial charge in [-0.2, -0.15) is 0 Å². The van der Waals surface area contributed by atoms with E-state index >= 15 is 0 Å². The zero-order valence-electron chi connectivity index (χ0n) is 15.3. The van der Waals surface area contributed by atoms with Gasteiger partial charge in [-0.1, -0.05) is 12.1 Å². The number of carbonyl (C=O) groups excluding carboxylic acids is 1. The van der Waals surface area contributed by atoms with Crippen LogP contribution in [-0.2, 0) is 16.2 Å². The third kappa shape index (κ3) is 6.52. The summed E-state index contributed by atoms with van der Waals surface area (Å²) < 4.78 is 13.4. The predicted molar refractivity (Wildman–Crippen MR) is 118 cm³/mol. The molecule has 2 aromatic carbocycles. The minimum Gasteiger partial charge on any atom is -0.490 e. The second-order valence-corrected chi connectivity index (χ2v) is 7.83. The zero-order valence-corrected chi connectivity index (χ0v) is 19.0. The summed E-state index contributed by atoms with van der Waals surface area (Å²) in [6, 6.07) is 11.3. The van der Waals surface area contributed by atoms with Crippen LogP contribution < -0.4 is 14.8 Å². The number of amides is 1. The van der Waals surface area contributed by atoms with Crippen LogP contribution in [0.4, 0.5) is 0 Å². The summed E-state index contributed by atoms with van der Waals surface area (Å²) >= 11 is 5.70. The number of hydrogen-bond acceptors (Lipinski definition) is 4. The molecular formula is C20H19BrINO5. The lowest BCUT2D eigenvalue weighted by molar-refractivity contribution is -0.134. The highest BCUT2D eigenvalue weighted by Crippen LogP contribution is 2.38. The molecule has 0 heterocycles. The molecule has 0 fully saturated rings. The maximum atomic E-state index is 11.3. The first-order valence-electron chi connectivity index (χ1n) is 8.36. The third-order valence-electron chi connectivity index (χ3n) is 3.46. The van der Waals surface area contributed by atoms with Gasteiger partial charge in [0.1, 0.15) is 12.3 Å². The van der Waals surface area contributed by atoms with Gasteiger partial charge >= 0.3 is 5.97 Å². The molecule has 28 heavy (non-hydrogen) atoms. The molecule has 0 bridgehead atoms. The smallest absolute Gasteiger partial charge is 0.352 e. The molecule has 0 saturated heterocycles. The summed E-state index contributed by atoms with van der Waals surface area (Å²) in [4.78, 5) is 22.6. The summed E-state index contributed by atoms with van der Waals surface area (Å²) in [6.45, 7) is 3.87. The summed E-state index contributed by atoms with van der Waals surface area (Å²) in [5, 5.41) is 11.6. The van der Waals surface area contributed by atoms with Gasteiger partial charge in [-0.15, -0.1) is 0 Å². The van der Waals surface area contributed by atoms with Crippen LogP contribution in [0.2, 0.25) is 0 Å². The summed E-state index contributed by atoms with van der Waals surface area (Å²) in [5.74, 6) is -0.700. The second kappa shape index (κ2) is 10.5.